The summed E-state index contributed by atoms with van der Waals surface area (Å²) < 4.78 is 0.688. The first-order valence-electron chi connectivity index (χ1n) is 6.87. The zero-order valence-corrected chi connectivity index (χ0v) is 13.4. The average Bonchev–Trinajstić information content (AvgIpc) is 2.46. The minimum atomic E-state index is -0.938. The molecule has 0 unspecified atom stereocenters. The first-order chi connectivity index (χ1) is 9.52. The first kappa shape index (κ1) is 15.3. The molecule has 2 heterocycles. The lowest BCUT2D eigenvalue weighted by molar-refractivity contribution is 0.0697. The molecule has 1 aliphatic heterocycles. The van der Waals surface area contributed by atoms with Gasteiger partial charge in [-0.2, -0.15) is 0 Å². The molecule has 0 radical (unpaired) electrons. The molecule has 0 aliphatic carbocycles. The van der Waals surface area contributed by atoms with Crippen molar-refractivity contribution in [2.75, 3.05) is 31.6 Å². The number of carboxylic acid groups (broad SMARTS) is 1. The number of rotatable bonds is 4. The summed E-state index contributed by atoms with van der Waals surface area (Å²) in [6.45, 7) is 5.37. The number of nitrogens with zero attached hydrogens (tertiary/aromatic N) is 3. The Labute approximate surface area is 127 Å². The number of carbonyl (C=O) groups is 1. The third-order valence-corrected chi connectivity index (χ3v) is 4.38. The Bertz CT molecular complexity index is 487. The zero-order chi connectivity index (χ0) is 14.7. The molecule has 1 fully saturated rings. The van der Waals surface area contributed by atoms with Gasteiger partial charge in [0.2, 0.25) is 0 Å². The highest BCUT2D eigenvalue weighted by molar-refractivity contribution is 9.10. The van der Waals surface area contributed by atoms with Gasteiger partial charge in [0, 0.05) is 36.8 Å². The van der Waals surface area contributed by atoms with Crippen LogP contribution in [0.25, 0.3) is 0 Å². The predicted molar refractivity (Wildman–Crippen MR) is 82.4 cm³/mol. The quantitative estimate of drug-likeness (QED) is 0.911. The molecule has 6 heteroatoms. The lowest BCUT2D eigenvalue weighted by Crippen LogP contribution is -2.44. The number of anilines is 1. The van der Waals surface area contributed by atoms with Gasteiger partial charge in [0.25, 0.3) is 0 Å². The van der Waals surface area contributed by atoms with E-state index in [1.807, 2.05) is 11.9 Å². The summed E-state index contributed by atoms with van der Waals surface area (Å²) >= 11 is 3.28. The van der Waals surface area contributed by atoms with Crippen molar-refractivity contribution in [2.24, 2.45) is 0 Å². The van der Waals surface area contributed by atoms with E-state index in [4.69, 9.17) is 0 Å². The summed E-state index contributed by atoms with van der Waals surface area (Å²) in [5, 5.41) is 9.32. The van der Waals surface area contributed by atoms with E-state index in [2.05, 4.69) is 32.7 Å². The maximum absolute atomic E-state index is 11.4. The highest BCUT2D eigenvalue weighted by Gasteiger charge is 2.25. The van der Waals surface area contributed by atoms with E-state index >= 15 is 0 Å². The number of carboxylic acids is 1. The second kappa shape index (κ2) is 6.54. The van der Waals surface area contributed by atoms with E-state index in [1.165, 1.54) is 0 Å². The van der Waals surface area contributed by atoms with Crippen molar-refractivity contribution in [3.8, 4) is 0 Å². The molecule has 1 saturated heterocycles. The molecule has 0 bridgehead atoms. The van der Waals surface area contributed by atoms with Crippen LogP contribution in [0, 0.1) is 0 Å². The Morgan fingerprint density at radius 3 is 2.75 bits per heavy atom. The standard InChI is InChI=1S/C14H20BrN3O2/c1-3-18-6-4-11(5-7-18)17(2)13-12(14(19)20)8-10(15)9-16-13/h8-9,11H,3-7H2,1-2H3,(H,19,20). The number of piperidine rings is 1. The molecule has 0 amide bonds. The third-order valence-electron chi connectivity index (χ3n) is 3.95. The first-order valence-corrected chi connectivity index (χ1v) is 7.66. The van der Waals surface area contributed by atoms with Crippen LogP contribution in [0.15, 0.2) is 16.7 Å². The maximum atomic E-state index is 11.4. The molecule has 1 aromatic heterocycles. The highest BCUT2D eigenvalue weighted by Crippen LogP contribution is 2.25. The van der Waals surface area contributed by atoms with Crippen LogP contribution in [0.3, 0.4) is 0 Å². The van der Waals surface area contributed by atoms with Crippen LogP contribution in [-0.4, -0.2) is 53.7 Å². The van der Waals surface area contributed by atoms with Crippen molar-refractivity contribution in [1.29, 1.82) is 0 Å². The Kier molecular flexibility index (Phi) is 4.99. The van der Waals surface area contributed by atoms with Crippen molar-refractivity contribution in [3.63, 3.8) is 0 Å². The van der Waals surface area contributed by atoms with Gasteiger partial charge in [0.05, 0.1) is 0 Å². The van der Waals surface area contributed by atoms with E-state index < -0.39 is 5.97 Å². The molecule has 1 aliphatic rings. The molecule has 0 aromatic carbocycles. The van der Waals surface area contributed by atoms with Crippen LogP contribution in [-0.2, 0) is 0 Å². The number of pyridine rings is 1. The summed E-state index contributed by atoms with van der Waals surface area (Å²) in [4.78, 5) is 20.1. The molecule has 0 saturated carbocycles. The van der Waals surface area contributed by atoms with Crippen LogP contribution < -0.4 is 4.90 Å². The van der Waals surface area contributed by atoms with Crippen molar-refractivity contribution in [1.82, 2.24) is 9.88 Å². The lowest BCUT2D eigenvalue weighted by Gasteiger charge is -2.37. The number of hydrogen-bond donors (Lipinski definition) is 1. The second-order valence-corrected chi connectivity index (χ2v) is 6.02. The number of likely N-dealkylation sites (tertiary alicyclic amines) is 1. The number of aromatic nitrogens is 1. The minimum Gasteiger partial charge on any atom is -0.478 e. The fraction of sp³-hybridized carbons (Fsp3) is 0.571. The molecule has 20 heavy (non-hydrogen) atoms. The van der Waals surface area contributed by atoms with Crippen LogP contribution in [0.2, 0.25) is 0 Å². The Morgan fingerprint density at radius 1 is 1.55 bits per heavy atom. The van der Waals surface area contributed by atoms with Gasteiger partial charge in [-0.15, -0.1) is 0 Å². The largest absolute Gasteiger partial charge is 0.478 e. The maximum Gasteiger partial charge on any atom is 0.339 e. The fourth-order valence-corrected chi connectivity index (χ4v) is 3.00. The molecule has 1 aromatic rings. The fourth-order valence-electron chi connectivity index (χ4n) is 2.67. The Morgan fingerprint density at radius 2 is 2.20 bits per heavy atom. The average molecular weight is 342 g/mol. The molecule has 110 valence electrons. The normalized spacial score (nSPS) is 17.1. The number of hydrogen-bond acceptors (Lipinski definition) is 4. The van der Waals surface area contributed by atoms with Crippen molar-refractivity contribution in [2.45, 2.75) is 25.8 Å². The van der Waals surface area contributed by atoms with Gasteiger partial charge in [-0.05, 0) is 41.4 Å². The van der Waals surface area contributed by atoms with E-state index in [1.54, 1.807) is 12.3 Å². The monoisotopic (exact) mass is 341 g/mol. The van der Waals surface area contributed by atoms with Gasteiger partial charge < -0.3 is 14.9 Å². The van der Waals surface area contributed by atoms with Crippen LogP contribution in [0.4, 0.5) is 5.82 Å². The summed E-state index contributed by atoms with van der Waals surface area (Å²) in [7, 11) is 1.94. The van der Waals surface area contributed by atoms with Crippen molar-refractivity contribution in [3.05, 3.63) is 22.3 Å². The predicted octanol–water partition coefficient (Wildman–Crippen LogP) is 2.46. The molecule has 5 nitrogen and oxygen atoms in total. The van der Waals surface area contributed by atoms with Gasteiger partial charge in [-0.1, -0.05) is 6.92 Å². The summed E-state index contributed by atoms with van der Waals surface area (Å²) in [5.41, 5.74) is 0.250. The molecular weight excluding hydrogens is 322 g/mol. The Hall–Kier alpha value is -1.14. The SMILES string of the molecule is CCN1CCC(N(C)c2ncc(Br)cc2C(=O)O)CC1. The third kappa shape index (κ3) is 3.30. The van der Waals surface area contributed by atoms with E-state index in [9.17, 15) is 9.90 Å². The highest BCUT2D eigenvalue weighted by atomic mass is 79.9. The van der Waals surface area contributed by atoms with Crippen molar-refractivity contribution < 1.29 is 9.90 Å². The molecule has 1 N–H and O–H groups in total. The van der Waals surface area contributed by atoms with E-state index in [-0.39, 0.29) is 5.56 Å². The van der Waals surface area contributed by atoms with Gasteiger partial charge >= 0.3 is 5.97 Å². The topological polar surface area (TPSA) is 56.7 Å². The summed E-state index contributed by atoms with van der Waals surface area (Å²) in [6, 6.07) is 1.96. The van der Waals surface area contributed by atoms with Crippen molar-refractivity contribution >= 4 is 27.7 Å². The van der Waals surface area contributed by atoms with Gasteiger partial charge in [0.1, 0.15) is 11.4 Å². The molecule has 0 atom stereocenters. The van der Waals surface area contributed by atoms with Gasteiger partial charge in [-0.25, -0.2) is 9.78 Å². The van der Waals surface area contributed by atoms with Gasteiger partial charge in [0.15, 0.2) is 0 Å². The molecular formula is C14H20BrN3O2. The van der Waals surface area contributed by atoms with E-state index in [0.717, 1.165) is 32.5 Å². The second-order valence-electron chi connectivity index (χ2n) is 5.11. The zero-order valence-electron chi connectivity index (χ0n) is 11.8. The van der Waals surface area contributed by atoms with Crippen LogP contribution in [0.5, 0.6) is 0 Å². The summed E-state index contributed by atoms with van der Waals surface area (Å²) in [5.74, 6) is -0.387. The van der Waals surface area contributed by atoms with Crippen LogP contribution in [0.1, 0.15) is 30.1 Å². The smallest absolute Gasteiger partial charge is 0.339 e. The van der Waals surface area contributed by atoms with Gasteiger partial charge in [-0.3, -0.25) is 0 Å². The number of aromatic carboxylic acids is 1. The summed E-state index contributed by atoms with van der Waals surface area (Å²) in [6.07, 6.45) is 3.74. The molecule has 0 spiro atoms. The number of halogens is 1. The lowest BCUT2D eigenvalue weighted by atomic mass is 10.0. The van der Waals surface area contributed by atoms with E-state index in [0.29, 0.717) is 16.3 Å². The minimum absolute atomic E-state index is 0.250. The van der Waals surface area contributed by atoms with Crippen LogP contribution >= 0.6 is 15.9 Å². The Balaban J connectivity index is 2.17. The molecule has 2 rings (SSSR count).